The van der Waals surface area contributed by atoms with Gasteiger partial charge < -0.3 is 9.80 Å². The van der Waals surface area contributed by atoms with Crippen LogP contribution in [0.1, 0.15) is 33.1 Å². The molecule has 1 amide bonds. The van der Waals surface area contributed by atoms with Crippen LogP contribution in [0.5, 0.6) is 0 Å². The van der Waals surface area contributed by atoms with Crippen LogP contribution in [0, 0.1) is 0 Å². The van der Waals surface area contributed by atoms with Gasteiger partial charge in [-0.05, 0) is 57.4 Å². The van der Waals surface area contributed by atoms with E-state index in [-0.39, 0.29) is 12.2 Å². The average Bonchev–Trinajstić information content (AvgIpc) is 2.48. The average molecular weight is 314 g/mol. The summed E-state index contributed by atoms with van der Waals surface area (Å²) < 4.78 is 37.8. The minimum absolute atomic E-state index is 0.0161. The summed E-state index contributed by atoms with van der Waals surface area (Å²) in [6.45, 7) is 4.63. The van der Waals surface area contributed by atoms with Crippen LogP contribution in [0.4, 0.5) is 24.5 Å². The lowest BCUT2D eigenvalue weighted by Gasteiger charge is -2.35. The molecule has 6 heteroatoms. The van der Waals surface area contributed by atoms with Crippen molar-refractivity contribution in [3.8, 4) is 0 Å². The normalized spacial score (nSPS) is 19.1. The third-order valence-electron chi connectivity index (χ3n) is 4.10. The smallest absolute Gasteiger partial charge is 0.369 e. The first-order valence-electron chi connectivity index (χ1n) is 7.60. The summed E-state index contributed by atoms with van der Waals surface area (Å²) in [6, 6.07) is 7.19. The van der Waals surface area contributed by atoms with E-state index in [9.17, 15) is 18.0 Å². The summed E-state index contributed by atoms with van der Waals surface area (Å²) in [4.78, 5) is 14.4. The van der Waals surface area contributed by atoms with Crippen LogP contribution in [-0.2, 0) is 4.79 Å². The van der Waals surface area contributed by atoms with Gasteiger partial charge in [-0.3, -0.25) is 4.79 Å². The Kier molecular flexibility index (Phi) is 4.98. The molecule has 1 fully saturated rings. The Hall–Kier alpha value is -1.72. The van der Waals surface area contributed by atoms with E-state index in [1.165, 1.54) is 13.3 Å². The largest absolute Gasteiger partial charge is 0.471 e. The van der Waals surface area contributed by atoms with Crippen LogP contribution in [0.2, 0.25) is 0 Å². The summed E-state index contributed by atoms with van der Waals surface area (Å²) in [5.74, 6) is -1.82. The van der Waals surface area contributed by atoms with Gasteiger partial charge in [-0.25, -0.2) is 0 Å². The fraction of sp³-hybridized carbons (Fsp3) is 0.562. The summed E-state index contributed by atoms with van der Waals surface area (Å²) in [5, 5.41) is 0. The molecule has 0 radical (unpaired) electrons. The molecule has 2 rings (SSSR count). The maximum Gasteiger partial charge on any atom is 0.471 e. The molecule has 0 bridgehead atoms. The topological polar surface area (TPSA) is 23.6 Å². The number of halogens is 3. The zero-order valence-corrected chi connectivity index (χ0v) is 12.9. The molecular formula is C16H21F3N2O. The molecule has 0 N–H and O–H groups in total. The number of carbonyl (C=O) groups is 1. The van der Waals surface area contributed by atoms with Crippen molar-refractivity contribution in [2.24, 2.45) is 0 Å². The van der Waals surface area contributed by atoms with Crippen LogP contribution >= 0.6 is 0 Å². The van der Waals surface area contributed by atoms with E-state index >= 15 is 0 Å². The summed E-state index contributed by atoms with van der Waals surface area (Å²) in [7, 11) is 0. The van der Waals surface area contributed by atoms with Gasteiger partial charge in [0, 0.05) is 30.5 Å². The number of anilines is 2. The summed E-state index contributed by atoms with van der Waals surface area (Å²) in [6.07, 6.45) is -1.40. The van der Waals surface area contributed by atoms with E-state index in [1.54, 1.807) is 24.3 Å². The van der Waals surface area contributed by atoms with E-state index in [1.807, 2.05) is 0 Å². The minimum atomic E-state index is -4.85. The maximum atomic E-state index is 12.6. The third-order valence-corrected chi connectivity index (χ3v) is 4.10. The molecule has 1 aliphatic heterocycles. The Labute approximate surface area is 128 Å². The van der Waals surface area contributed by atoms with E-state index < -0.39 is 12.1 Å². The van der Waals surface area contributed by atoms with Gasteiger partial charge >= 0.3 is 12.1 Å². The van der Waals surface area contributed by atoms with Crippen molar-refractivity contribution in [2.75, 3.05) is 22.9 Å². The zero-order valence-electron chi connectivity index (χ0n) is 12.9. The van der Waals surface area contributed by atoms with Crippen LogP contribution in [0.15, 0.2) is 24.3 Å². The highest BCUT2D eigenvalue weighted by Crippen LogP contribution is 2.28. The maximum absolute atomic E-state index is 12.6. The van der Waals surface area contributed by atoms with E-state index in [0.29, 0.717) is 6.04 Å². The van der Waals surface area contributed by atoms with Gasteiger partial charge in [0.05, 0.1) is 0 Å². The Morgan fingerprint density at radius 2 is 1.91 bits per heavy atom. The third kappa shape index (κ3) is 3.54. The molecule has 1 atom stereocenters. The predicted molar refractivity (Wildman–Crippen MR) is 81.2 cm³/mol. The summed E-state index contributed by atoms with van der Waals surface area (Å²) in [5.41, 5.74) is 1.27. The molecule has 1 saturated heterocycles. The molecule has 0 aromatic heterocycles. The second kappa shape index (κ2) is 6.58. The molecule has 1 heterocycles. The number of carbonyl (C=O) groups excluding carboxylic acids is 1. The molecule has 1 unspecified atom stereocenters. The van der Waals surface area contributed by atoms with Crippen LogP contribution in [0.25, 0.3) is 0 Å². The van der Waals surface area contributed by atoms with Gasteiger partial charge in [0.25, 0.3) is 0 Å². The van der Waals surface area contributed by atoms with Crippen LogP contribution < -0.4 is 9.80 Å². The number of piperidine rings is 1. The van der Waals surface area contributed by atoms with Crippen molar-refractivity contribution >= 4 is 17.3 Å². The highest BCUT2D eigenvalue weighted by Gasteiger charge is 2.42. The molecule has 3 nitrogen and oxygen atoms in total. The quantitative estimate of drug-likeness (QED) is 0.842. The molecule has 1 aliphatic rings. The van der Waals surface area contributed by atoms with Crippen LogP contribution in [0.3, 0.4) is 0 Å². The van der Waals surface area contributed by atoms with Gasteiger partial charge in [0.15, 0.2) is 0 Å². The van der Waals surface area contributed by atoms with E-state index in [4.69, 9.17) is 0 Å². The molecule has 1 aromatic carbocycles. The molecular weight excluding hydrogens is 293 g/mol. The molecule has 0 spiro atoms. The van der Waals surface area contributed by atoms with E-state index in [0.717, 1.165) is 30.0 Å². The highest BCUT2D eigenvalue weighted by atomic mass is 19.4. The molecule has 22 heavy (non-hydrogen) atoms. The second-order valence-electron chi connectivity index (χ2n) is 5.60. The van der Waals surface area contributed by atoms with Crippen LogP contribution in [-0.4, -0.2) is 31.2 Å². The number of benzene rings is 1. The number of amides is 1. The van der Waals surface area contributed by atoms with Crippen molar-refractivity contribution in [1.82, 2.24) is 0 Å². The minimum Gasteiger partial charge on any atom is -0.369 e. The monoisotopic (exact) mass is 314 g/mol. The Morgan fingerprint density at radius 3 is 2.41 bits per heavy atom. The van der Waals surface area contributed by atoms with Crippen molar-refractivity contribution in [3.63, 3.8) is 0 Å². The SMILES string of the molecule is CCN(C(=O)C(F)(F)F)c1ccc(N2CCCCC2C)cc1. The first-order chi connectivity index (χ1) is 10.3. The van der Waals surface area contributed by atoms with Gasteiger partial charge in [0.1, 0.15) is 0 Å². The number of hydrogen-bond acceptors (Lipinski definition) is 2. The standard InChI is InChI=1S/C16H21F3N2O/c1-3-20(15(22)16(17,18)19)13-7-9-14(10-8-13)21-11-5-4-6-12(21)2/h7-10,12H,3-6,11H2,1-2H3. The van der Waals surface area contributed by atoms with Crippen molar-refractivity contribution < 1.29 is 18.0 Å². The predicted octanol–water partition coefficient (Wildman–Crippen LogP) is 3.98. The lowest BCUT2D eigenvalue weighted by atomic mass is 10.0. The lowest BCUT2D eigenvalue weighted by molar-refractivity contribution is -0.170. The van der Waals surface area contributed by atoms with Gasteiger partial charge in [-0.15, -0.1) is 0 Å². The number of rotatable bonds is 3. The lowest BCUT2D eigenvalue weighted by Crippen LogP contribution is -2.41. The molecule has 0 saturated carbocycles. The highest BCUT2D eigenvalue weighted by molar-refractivity contribution is 5.97. The first kappa shape index (κ1) is 16.6. The Morgan fingerprint density at radius 1 is 1.27 bits per heavy atom. The van der Waals surface area contributed by atoms with Gasteiger partial charge in [-0.1, -0.05) is 0 Å². The molecule has 1 aromatic rings. The number of hydrogen-bond donors (Lipinski definition) is 0. The van der Waals surface area contributed by atoms with Crippen molar-refractivity contribution in [3.05, 3.63) is 24.3 Å². The Balaban J connectivity index is 2.18. The number of nitrogens with zero attached hydrogens (tertiary/aromatic N) is 2. The van der Waals surface area contributed by atoms with Gasteiger partial charge in [-0.2, -0.15) is 13.2 Å². The van der Waals surface area contributed by atoms with Crippen molar-refractivity contribution in [1.29, 1.82) is 0 Å². The fourth-order valence-corrected chi connectivity index (χ4v) is 2.90. The Bertz CT molecular complexity index is 513. The zero-order chi connectivity index (χ0) is 16.3. The summed E-state index contributed by atoms with van der Waals surface area (Å²) >= 11 is 0. The van der Waals surface area contributed by atoms with Crippen molar-refractivity contribution in [2.45, 2.75) is 45.3 Å². The van der Waals surface area contributed by atoms with E-state index in [2.05, 4.69) is 11.8 Å². The second-order valence-corrected chi connectivity index (χ2v) is 5.60. The van der Waals surface area contributed by atoms with Gasteiger partial charge in [0.2, 0.25) is 0 Å². The first-order valence-corrected chi connectivity index (χ1v) is 7.60. The molecule has 122 valence electrons. The fourth-order valence-electron chi connectivity index (χ4n) is 2.90. The molecule has 0 aliphatic carbocycles. The number of alkyl halides is 3.